The van der Waals surface area contributed by atoms with Gasteiger partial charge in [-0.15, -0.1) is 0 Å². The van der Waals surface area contributed by atoms with Gasteiger partial charge in [-0.25, -0.2) is 0 Å². The zero-order valence-electron chi connectivity index (χ0n) is 7.87. The SMILES string of the molecule is COc1ccc(CC(C)C)nc1. The number of rotatable bonds is 3. The van der Waals surface area contributed by atoms with E-state index in [1.54, 1.807) is 13.3 Å². The van der Waals surface area contributed by atoms with Crippen LogP contribution in [0.3, 0.4) is 0 Å². The first-order valence-electron chi connectivity index (χ1n) is 4.21. The maximum atomic E-state index is 5.01. The average molecular weight is 165 g/mol. The van der Waals surface area contributed by atoms with E-state index in [1.165, 1.54) is 0 Å². The summed E-state index contributed by atoms with van der Waals surface area (Å²) < 4.78 is 5.01. The summed E-state index contributed by atoms with van der Waals surface area (Å²) in [5.41, 5.74) is 1.13. The van der Waals surface area contributed by atoms with Crippen molar-refractivity contribution >= 4 is 0 Å². The van der Waals surface area contributed by atoms with Crippen LogP contribution in [-0.4, -0.2) is 12.1 Å². The number of aromatic nitrogens is 1. The lowest BCUT2D eigenvalue weighted by Crippen LogP contribution is -1.96. The summed E-state index contributed by atoms with van der Waals surface area (Å²) in [6.07, 6.45) is 2.79. The van der Waals surface area contributed by atoms with Crippen LogP contribution in [0, 0.1) is 5.92 Å². The zero-order chi connectivity index (χ0) is 8.97. The summed E-state index contributed by atoms with van der Waals surface area (Å²) in [4.78, 5) is 4.26. The Bertz CT molecular complexity index is 228. The minimum atomic E-state index is 0.658. The topological polar surface area (TPSA) is 22.1 Å². The highest BCUT2D eigenvalue weighted by Gasteiger charge is 1.98. The number of methoxy groups -OCH3 is 1. The second-order valence-electron chi connectivity index (χ2n) is 3.29. The van der Waals surface area contributed by atoms with Gasteiger partial charge in [-0.3, -0.25) is 4.98 Å². The Morgan fingerprint density at radius 1 is 1.42 bits per heavy atom. The van der Waals surface area contributed by atoms with E-state index in [9.17, 15) is 0 Å². The number of hydrogen-bond donors (Lipinski definition) is 0. The third-order valence-electron chi connectivity index (χ3n) is 1.65. The molecule has 0 aromatic carbocycles. The number of hydrogen-bond acceptors (Lipinski definition) is 2. The molecule has 1 heterocycles. The molecule has 0 atom stereocenters. The van der Waals surface area contributed by atoms with Crippen LogP contribution in [0.15, 0.2) is 18.3 Å². The van der Waals surface area contributed by atoms with E-state index in [-0.39, 0.29) is 0 Å². The van der Waals surface area contributed by atoms with Crippen LogP contribution < -0.4 is 4.74 Å². The van der Waals surface area contributed by atoms with Crippen LogP contribution in [0.1, 0.15) is 19.5 Å². The lowest BCUT2D eigenvalue weighted by Gasteiger charge is -2.04. The molecule has 2 nitrogen and oxygen atoms in total. The van der Waals surface area contributed by atoms with Gasteiger partial charge in [0.1, 0.15) is 5.75 Å². The second-order valence-corrected chi connectivity index (χ2v) is 3.29. The van der Waals surface area contributed by atoms with Crippen LogP contribution >= 0.6 is 0 Å². The molecule has 0 saturated carbocycles. The maximum Gasteiger partial charge on any atom is 0.137 e. The van der Waals surface area contributed by atoms with Crippen molar-refractivity contribution in [2.24, 2.45) is 5.92 Å². The Labute approximate surface area is 73.6 Å². The lowest BCUT2D eigenvalue weighted by molar-refractivity contribution is 0.412. The Hall–Kier alpha value is -1.05. The van der Waals surface area contributed by atoms with Crippen molar-refractivity contribution in [2.75, 3.05) is 7.11 Å². The molecule has 0 aliphatic rings. The van der Waals surface area contributed by atoms with Crippen LogP contribution in [0.5, 0.6) is 5.75 Å². The van der Waals surface area contributed by atoms with E-state index in [1.807, 2.05) is 12.1 Å². The molecule has 0 saturated heterocycles. The maximum absolute atomic E-state index is 5.01. The van der Waals surface area contributed by atoms with E-state index >= 15 is 0 Å². The third-order valence-corrected chi connectivity index (χ3v) is 1.65. The van der Waals surface area contributed by atoms with Crippen molar-refractivity contribution in [1.29, 1.82) is 0 Å². The standard InChI is InChI=1S/C10H15NO/c1-8(2)6-9-4-5-10(12-3)7-11-9/h4-5,7-8H,6H2,1-3H3. The first-order chi connectivity index (χ1) is 5.72. The molecule has 0 amide bonds. The van der Waals surface area contributed by atoms with Crippen molar-refractivity contribution in [2.45, 2.75) is 20.3 Å². The Balaban J connectivity index is 2.65. The molecule has 12 heavy (non-hydrogen) atoms. The smallest absolute Gasteiger partial charge is 0.137 e. The molecule has 0 radical (unpaired) electrons. The van der Waals surface area contributed by atoms with Crippen LogP contribution in [0.2, 0.25) is 0 Å². The predicted octanol–water partition coefficient (Wildman–Crippen LogP) is 2.29. The molecule has 1 rings (SSSR count). The molecule has 0 spiro atoms. The molecule has 66 valence electrons. The first-order valence-corrected chi connectivity index (χ1v) is 4.21. The predicted molar refractivity (Wildman–Crippen MR) is 49.3 cm³/mol. The molecule has 1 aromatic heterocycles. The monoisotopic (exact) mass is 165 g/mol. The summed E-state index contributed by atoms with van der Waals surface area (Å²) in [6.45, 7) is 4.37. The van der Waals surface area contributed by atoms with Gasteiger partial charge in [-0.1, -0.05) is 13.8 Å². The lowest BCUT2D eigenvalue weighted by atomic mass is 10.1. The van der Waals surface area contributed by atoms with Gasteiger partial charge >= 0.3 is 0 Å². The largest absolute Gasteiger partial charge is 0.495 e. The quantitative estimate of drug-likeness (QED) is 0.685. The Kier molecular flexibility index (Phi) is 3.09. The van der Waals surface area contributed by atoms with Gasteiger partial charge in [0.25, 0.3) is 0 Å². The number of pyridine rings is 1. The van der Waals surface area contributed by atoms with Crippen molar-refractivity contribution in [3.8, 4) is 5.75 Å². The van der Waals surface area contributed by atoms with Gasteiger partial charge in [0.2, 0.25) is 0 Å². The highest BCUT2D eigenvalue weighted by atomic mass is 16.5. The molecule has 0 N–H and O–H groups in total. The van der Waals surface area contributed by atoms with E-state index in [4.69, 9.17) is 4.74 Å². The second kappa shape index (κ2) is 4.10. The average Bonchev–Trinajstić information content (AvgIpc) is 2.05. The van der Waals surface area contributed by atoms with Gasteiger partial charge in [-0.2, -0.15) is 0 Å². The van der Waals surface area contributed by atoms with Crippen molar-refractivity contribution < 1.29 is 4.74 Å². The minimum Gasteiger partial charge on any atom is -0.495 e. The molecular weight excluding hydrogens is 150 g/mol. The molecule has 0 fully saturated rings. The Morgan fingerprint density at radius 3 is 2.58 bits per heavy atom. The van der Waals surface area contributed by atoms with Crippen LogP contribution in [0.25, 0.3) is 0 Å². The van der Waals surface area contributed by atoms with Crippen LogP contribution in [0.4, 0.5) is 0 Å². The van der Waals surface area contributed by atoms with Crippen LogP contribution in [-0.2, 0) is 6.42 Å². The number of nitrogens with zero attached hydrogens (tertiary/aromatic N) is 1. The summed E-state index contributed by atoms with van der Waals surface area (Å²) >= 11 is 0. The summed E-state index contributed by atoms with van der Waals surface area (Å²) in [5, 5.41) is 0. The first kappa shape index (κ1) is 9.04. The molecule has 0 bridgehead atoms. The minimum absolute atomic E-state index is 0.658. The fourth-order valence-corrected chi connectivity index (χ4v) is 1.07. The van der Waals surface area contributed by atoms with Crippen molar-refractivity contribution in [3.05, 3.63) is 24.0 Å². The van der Waals surface area contributed by atoms with Gasteiger partial charge in [-0.05, 0) is 24.5 Å². The van der Waals surface area contributed by atoms with E-state index in [0.29, 0.717) is 5.92 Å². The summed E-state index contributed by atoms with van der Waals surface area (Å²) in [5.74, 6) is 1.48. The van der Waals surface area contributed by atoms with E-state index < -0.39 is 0 Å². The summed E-state index contributed by atoms with van der Waals surface area (Å²) in [7, 11) is 1.65. The normalized spacial score (nSPS) is 10.3. The number of ether oxygens (including phenoxy) is 1. The third kappa shape index (κ3) is 2.53. The molecule has 0 aliphatic heterocycles. The molecule has 2 heteroatoms. The molecular formula is C10H15NO. The molecule has 0 aliphatic carbocycles. The van der Waals surface area contributed by atoms with Crippen molar-refractivity contribution in [1.82, 2.24) is 4.98 Å². The van der Waals surface area contributed by atoms with Gasteiger partial charge < -0.3 is 4.74 Å². The molecule has 0 unspecified atom stereocenters. The van der Waals surface area contributed by atoms with Gasteiger partial charge in [0.15, 0.2) is 0 Å². The Morgan fingerprint density at radius 2 is 2.17 bits per heavy atom. The zero-order valence-corrected chi connectivity index (χ0v) is 7.87. The highest BCUT2D eigenvalue weighted by molar-refractivity contribution is 5.19. The van der Waals surface area contributed by atoms with E-state index in [0.717, 1.165) is 17.9 Å². The van der Waals surface area contributed by atoms with Gasteiger partial charge in [0.05, 0.1) is 13.3 Å². The highest BCUT2D eigenvalue weighted by Crippen LogP contribution is 2.10. The molecule has 1 aromatic rings. The van der Waals surface area contributed by atoms with Crippen molar-refractivity contribution in [3.63, 3.8) is 0 Å². The van der Waals surface area contributed by atoms with Gasteiger partial charge in [0, 0.05) is 5.69 Å². The van der Waals surface area contributed by atoms with E-state index in [2.05, 4.69) is 18.8 Å². The fourth-order valence-electron chi connectivity index (χ4n) is 1.07. The fraction of sp³-hybridized carbons (Fsp3) is 0.500. The summed E-state index contributed by atoms with van der Waals surface area (Å²) in [6, 6.07) is 3.96.